The highest BCUT2D eigenvalue weighted by molar-refractivity contribution is 5.99. The zero-order valence-corrected chi connectivity index (χ0v) is 15.8. The van der Waals surface area contributed by atoms with Gasteiger partial charge in [0.25, 0.3) is 11.5 Å². The molecule has 0 bridgehead atoms. The maximum absolute atomic E-state index is 12.9. The lowest BCUT2D eigenvalue weighted by Crippen LogP contribution is -2.43. The third-order valence-electron chi connectivity index (χ3n) is 4.83. The summed E-state index contributed by atoms with van der Waals surface area (Å²) < 4.78 is 5.78. The van der Waals surface area contributed by atoms with Crippen LogP contribution in [0.1, 0.15) is 35.2 Å². The fraction of sp³-hybridized carbons (Fsp3) is 0.474. The van der Waals surface area contributed by atoms with Crippen LogP contribution >= 0.6 is 12.4 Å². The molecule has 3 N–H and O–H groups in total. The first-order chi connectivity index (χ1) is 12.1. The number of amides is 1. The normalized spacial score (nSPS) is 15.1. The Labute approximate surface area is 159 Å². The second kappa shape index (κ2) is 9.16. The first-order valence-corrected chi connectivity index (χ1v) is 8.84. The van der Waals surface area contributed by atoms with Gasteiger partial charge in [0.15, 0.2) is 0 Å². The van der Waals surface area contributed by atoms with Crippen LogP contribution in [0.5, 0.6) is 0 Å². The van der Waals surface area contributed by atoms with Crippen LogP contribution in [0.3, 0.4) is 0 Å². The van der Waals surface area contributed by atoms with Crippen molar-refractivity contribution in [3.05, 3.63) is 45.7 Å². The topological polar surface area (TPSA) is 88.4 Å². The molecule has 1 amide bonds. The van der Waals surface area contributed by atoms with Crippen LogP contribution in [0.2, 0.25) is 0 Å². The van der Waals surface area contributed by atoms with Gasteiger partial charge in [-0.3, -0.25) is 9.59 Å². The van der Waals surface area contributed by atoms with Gasteiger partial charge >= 0.3 is 0 Å². The lowest BCUT2D eigenvalue weighted by atomic mass is 10.0. The lowest BCUT2D eigenvalue weighted by molar-refractivity contribution is 0.00839. The van der Waals surface area contributed by atoms with Crippen LogP contribution < -0.4 is 11.3 Å². The summed E-state index contributed by atoms with van der Waals surface area (Å²) in [6, 6.07) is 7.55. The zero-order chi connectivity index (χ0) is 17.8. The monoisotopic (exact) mass is 379 g/mol. The summed E-state index contributed by atoms with van der Waals surface area (Å²) in [5, 5.41) is 0.908. The number of aryl methyl sites for hydroxylation is 1. The van der Waals surface area contributed by atoms with Gasteiger partial charge in [0.05, 0.1) is 6.10 Å². The molecule has 1 saturated heterocycles. The lowest BCUT2D eigenvalue weighted by Gasteiger charge is -2.32. The molecular weight excluding hydrogens is 354 g/mol. The van der Waals surface area contributed by atoms with Crippen molar-refractivity contribution in [2.24, 2.45) is 5.73 Å². The summed E-state index contributed by atoms with van der Waals surface area (Å²) >= 11 is 0. The van der Waals surface area contributed by atoms with Gasteiger partial charge in [-0.2, -0.15) is 0 Å². The highest BCUT2D eigenvalue weighted by Crippen LogP contribution is 2.20. The van der Waals surface area contributed by atoms with Crippen molar-refractivity contribution in [3.63, 3.8) is 0 Å². The number of benzene rings is 1. The molecule has 0 unspecified atom stereocenters. The third-order valence-corrected chi connectivity index (χ3v) is 4.83. The first-order valence-electron chi connectivity index (χ1n) is 8.84. The molecule has 1 aliphatic rings. The molecular formula is C19H26ClN3O3. The number of hydrogen-bond acceptors (Lipinski definition) is 4. The van der Waals surface area contributed by atoms with E-state index in [0.717, 1.165) is 35.7 Å². The molecule has 1 fully saturated rings. The van der Waals surface area contributed by atoms with E-state index in [4.69, 9.17) is 10.5 Å². The summed E-state index contributed by atoms with van der Waals surface area (Å²) in [4.78, 5) is 29.9. The van der Waals surface area contributed by atoms with Gasteiger partial charge in [-0.05, 0) is 44.4 Å². The van der Waals surface area contributed by atoms with Crippen molar-refractivity contribution in [1.29, 1.82) is 0 Å². The minimum atomic E-state index is -0.317. The molecule has 2 heterocycles. The number of likely N-dealkylation sites (tertiary alicyclic amines) is 1. The zero-order valence-electron chi connectivity index (χ0n) is 15.0. The van der Waals surface area contributed by atoms with Crippen molar-refractivity contribution in [2.45, 2.75) is 32.3 Å². The number of aromatic amines is 1. The van der Waals surface area contributed by atoms with Crippen LogP contribution in [0.15, 0.2) is 29.1 Å². The minimum absolute atomic E-state index is 0. The number of halogens is 1. The first kappa shape index (κ1) is 20.4. The number of fused-ring (bicyclic) bond motifs is 1. The Morgan fingerprint density at radius 1 is 1.31 bits per heavy atom. The minimum Gasteiger partial charge on any atom is -0.378 e. The second-order valence-electron chi connectivity index (χ2n) is 6.50. The molecule has 1 aromatic carbocycles. The van der Waals surface area contributed by atoms with E-state index in [2.05, 4.69) is 4.98 Å². The number of carbonyl (C=O) groups is 1. The number of aromatic nitrogens is 1. The van der Waals surface area contributed by atoms with E-state index >= 15 is 0 Å². The number of nitrogens with one attached hydrogen (secondary N) is 1. The Bertz CT molecular complexity index is 813. The number of ether oxygens (including phenoxy) is 1. The molecule has 0 aliphatic carbocycles. The largest absolute Gasteiger partial charge is 0.378 e. The summed E-state index contributed by atoms with van der Waals surface area (Å²) in [5.41, 5.74) is 6.91. The fourth-order valence-electron chi connectivity index (χ4n) is 3.38. The SMILES string of the molecule is Cc1c(C(=O)N2CCC(OCCCN)CC2)c(=O)[nH]c2ccccc12.Cl. The highest BCUT2D eigenvalue weighted by atomic mass is 35.5. The van der Waals surface area contributed by atoms with Crippen LogP contribution in [0.25, 0.3) is 10.9 Å². The summed E-state index contributed by atoms with van der Waals surface area (Å²) in [6.07, 6.45) is 2.61. The maximum Gasteiger partial charge on any atom is 0.261 e. The predicted octanol–water partition coefficient (Wildman–Crippen LogP) is 2.23. The number of nitrogens with two attached hydrogens (primary N) is 1. The van der Waals surface area contributed by atoms with E-state index in [9.17, 15) is 9.59 Å². The second-order valence-corrected chi connectivity index (χ2v) is 6.50. The van der Waals surface area contributed by atoms with Crippen molar-refractivity contribution in [1.82, 2.24) is 9.88 Å². The van der Waals surface area contributed by atoms with E-state index in [1.807, 2.05) is 31.2 Å². The van der Waals surface area contributed by atoms with Gasteiger partial charge in [0.2, 0.25) is 0 Å². The van der Waals surface area contributed by atoms with E-state index in [1.54, 1.807) is 4.90 Å². The molecule has 3 rings (SSSR count). The summed E-state index contributed by atoms with van der Waals surface area (Å²) in [6.45, 7) is 4.35. The quantitative estimate of drug-likeness (QED) is 0.779. The molecule has 6 nitrogen and oxygen atoms in total. The van der Waals surface area contributed by atoms with E-state index < -0.39 is 0 Å². The Kier molecular flexibility index (Phi) is 7.20. The molecule has 0 spiro atoms. The average Bonchev–Trinajstić information content (AvgIpc) is 2.62. The number of nitrogens with zero attached hydrogens (tertiary/aromatic N) is 1. The standard InChI is InChI=1S/C19H25N3O3.ClH/c1-13-15-5-2-3-6-16(15)21-18(23)17(13)19(24)22-10-7-14(8-11-22)25-12-4-9-20;/h2-3,5-6,14H,4,7-12,20H2,1H3,(H,21,23);1H. The molecule has 0 saturated carbocycles. The van der Waals surface area contributed by atoms with E-state index in [1.165, 1.54) is 0 Å². The van der Waals surface area contributed by atoms with Crippen LogP contribution in [-0.4, -0.2) is 48.1 Å². The van der Waals surface area contributed by atoms with Crippen molar-refractivity contribution in [2.75, 3.05) is 26.2 Å². The molecule has 142 valence electrons. The van der Waals surface area contributed by atoms with E-state index in [-0.39, 0.29) is 35.5 Å². The van der Waals surface area contributed by atoms with Crippen molar-refractivity contribution >= 4 is 29.2 Å². The van der Waals surface area contributed by atoms with E-state index in [0.29, 0.717) is 26.2 Å². The number of pyridine rings is 1. The van der Waals surface area contributed by atoms with Gasteiger partial charge in [0.1, 0.15) is 5.56 Å². The smallest absolute Gasteiger partial charge is 0.261 e. The van der Waals surface area contributed by atoms with Crippen molar-refractivity contribution < 1.29 is 9.53 Å². The fourth-order valence-corrected chi connectivity index (χ4v) is 3.38. The third kappa shape index (κ3) is 4.26. The van der Waals surface area contributed by atoms with Crippen LogP contribution in [0.4, 0.5) is 0 Å². The number of hydrogen-bond donors (Lipinski definition) is 2. The van der Waals surface area contributed by atoms with Gasteiger partial charge < -0.3 is 20.4 Å². The number of rotatable bonds is 5. The molecule has 2 aromatic rings. The van der Waals surface area contributed by atoms with Gasteiger partial charge in [-0.25, -0.2) is 0 Å². The highest BCUT2D eigenvalue weighted by Gasteiger charge is 2.27. The average molecular weight is 380 g/mol. The van der Waals surface area contributed by atoms with Crippen LogP contribution in [0, 0.1) is 6.92 Å². The number of carbonyl (C=O) groups excluding carboxylic acids is 1. The number of H-pyrrole nitrogens is 1. The van der Waals surface area contributed by atoms with Gasteiger partial charge in [-0.15, -0.1) is 12.4 Å². The molecule has 0 radical (unpaired) electrons. The number of para-hydroxylation sites is 1. The molecule has 1 aromatic heterocycles. The Hall–Kier alpha value is -1.89. The Balaban J connectivity index is 0.00000243. The molecule has 1 aliphatic heterocycles. The predicted molar refractivity (Wildman–Crippen MR) is 105 cm³/mol. The summed E-state index contributed by atoms with van der Waals surface area (Å²) in [7, 11) is 0. The Morgan fingerprint density at radius 3 is 2.69 bits per heavy atom. The number of piperidine rings is 1. The van der Waals surface area contributed by atoms with Gasteiger partial charge in [-0.1, -0.05) is 18.2 Å². The maximum atomic E-state index is 12.9. The Morgan fingerprint density at radius 2 is 2.00 bits per heavy atom. The summed E-state index contributed by atoms with van der Waals surface area (Å²) in [5.74, 6) is -0.190. The molecule has 7 heteroatoms. The van der Waals surface area contributed by atoms with Gasteiger partial charge in [0, 0.05) is 30.6 Å². The van der Waals surface area contributed by atoms with Crippen LogP contribution in [-0.2, 0) is 4.74 Å². The molecule has 0 atom stereocenters. The molecule has 26 heavy (non-hydrogen) atoms. The van der Waals surface area contributed by atoms with Crippen molar-refractivity contribution in [3.8, 4) is 0 Å².